The minimum Gasteiger partial charge on any atom is -0.355 e. The summed E-state index contributed by atoms with van der Waals surface area (Å²) < 4.78 is 0. The van der Waals surface area contributed by atoms with Gasteiger partial charge < -0.3 is 16.0 Å². The third-order valence-corrected chi connectivity index (χ3v) is 3.53. The first-order valence-electron chi connectivity index (χ1n) is 6.39. The maximum Gasteiger partial charge on any atom is 0.251 e. The fourth-order valence-corrected chi connectivity index (χ4v) is 2.18. The van der Waals surface area contributed by atoms with E-state index in [-0.39, 0.29) is 29.6 Å². The van der Waals surface area contributed by atoms with Crippen LogP contribution in [-0.2, 0) is 4.79 Å². The van der Waals surface area contributed by atoms with Crippen LogP contribution in [0.4, 0.5) is 5.69 Å². The van der Waals surface area contributed by atoms with Crippen LogP contribution in [0.5, 0.6) is 0 Å². The summed E-state index contributed by atoms with van der Waals surface area (Å²) in [6, 6.07) is 6.95. The van der Waals surface area contributed by atoms with E-state index in [9.17, 15) is 9.59 Å². The average molecular weight is 298 g/mol. The molecule has 1 unspecified atom stereocenters. The van der Waals surface area contributed by atoms with Gasteiger partial charge in [-0.25, -0.2) is 0 Å². The smallest absolute Gasteiger partial charge is 0.251 e. The van der Waals surface area contributed by atoms with E-state index in [4.69, 9.17) is 0 Å². The Morgan fingerprint density at radius 3 is 2.70 bits per heavy atom. The molecule has 1 heterocycles. The van der Waals surface area contributed by atoms with E-state index in [1.807, 2.05) is 6.92 Å². The highest BCUT2D eigenvalue weighted by Gasteiger charge is 2.36. The molecule has 0 bridgehead atoms. The van der Waals surface area contributed by atoms with Crippen LogP contribution in [0.1, 0.15) is 23.7 Å². The molecule has 0 spiro atoms. The van der Waals surface area contributed by atoms with Gasteiger partial charge >= 0.3 is 0 Å². The van der Waals surface area contributed by atoms with Gasteiger partial charge in [-0.05, 0) is 38.1 Å². The van der Waals surface area contributed by atoms with Crippen molar-refractivity contribution in [3.05, 3.63) is 29.8 Å². The summed E-state index contributed by atoms with van der Waals surface area (Å²) in [6.07, 6.45) is 0.827. The number of amides is 2. The zero-order chi connectivity index (χ0) is 13.9. The molecule has 0 radical (unpaired) electrons. The molecule has 3 N–H and O–H groups in total. The van der Waals surface area contributed by atoms with Crippen molar-refractivity contribution in [3.8, 4) is 0 Å². The van der Waals surface area contributed by atoms with E-state index >= 15 is 0 Å². The minimum atomic E-state index is -0.372. The van der Waals surface area contributed by atoms with Crippen LogP contribution >= 0.6 is 12.4 Å². The third-order valence-electron chi connectivity index (χ3n) is 3.53. The number of rotatable bonds is 3. The topological polar surface area (TPSA) is 70.2 Å². The number of carbonyl (C=O) groups excluding carboxylic acids is 2. The molecule has 1 aromatic carbocycles. The Bertz CT molecular complexity index is 499. The van der Waals surface area contributed by atoms with Crippen molar-refractivity contribution < 1.29 is 9.59 Å². The molecule has 20 heavy (non-hydrogen) atoms. The number of hydrogen-bond acceptors (Lipinski definition) is 3. The van der Waals surface area contributed by atoms with Crippen LogP contribution in [0.2, 0.25) is 0 Å². The molecule has 5 nitrogen and oxygen atoms in total. The predicted octanol–water partition coefficient (Wildman–Crippen LogP) is 1.41. The molecule has 110 valence electrons. The average Bonchev–Trinajstić information content (AvgIpc) is 2.86. The van der Waals surface area contributed by atoms with Gasteiger partial charge in [-0.15, -0.1) is 12.4 Å². The van der Waals surface area contributed by atoms with Gasteiger partial charge in [-0.1, -0.05) is 6.07 Å². The lowest BCUT2D eigenvalue weighted by Gasteiger charge is -2.21. The first kappa shape index (κ1) is 16.5. The Morgan fingerprint density at radius 1 is 1.35 bits per heavy atom. The lowest BCUT2D eigenvalue weighted by molar-refractivity contribution is -0.123. The zero-order valence-corrected chi connectivity index (χ0v) is 12.5. The third kappa shape index (κ3) is 3.49. The normalized spacial score (nSPS) is 20.9. The fraction of sp³-hybridized carbons (Fsp3) is 0.429. The van der Waals surface area contributed by atoms with Gasteiger partial charge in [0.25, 0.3) is 5.91 Å². The lowest BCUT2D eigenvalue weighted by Crippen LogP contribution is -2.35. The van der Waals surface area contributed by atoms with E-state index in [0.717, 1.165) is 13.0 Å². The zero-order valence-electron chi connectivity index (χ0n) is 11.7. The highest BCUT2D eigenvalue weighted by molar-refractivity contribution is 5.98. The van der Waals surface area contributed by atoms with Crippen molar-refractivity contribution in [1.29, 1.82) is 0 Å². The van der Waals surface area contributed by atoms with Crippen LogP contribution in [0.15, 0.2) is 24.3 Å². The summed E-state index contributed by atoms with van der Waals surface area (Å²) in [6.45, 7) is 3.50. The quantitative estimate of drug-likeness (QED) is 0.790. The van der Waals surface area contributed by atoms with Crippen LogP contribution < -0.4 is 16.0 Å². The number of hydrogen-bond donors (Lipinski definition) is 3. The standard InChI is InChI=1S/C14H19N3O2.ClH/c1-14(6-7-16-9-14)13(19)17-11-5-3-4-10(8-11)12(18)15-2;/h3-5,8,16H,6-7,9H2,1-2H3,(H,15,18)(H,17,19);1H. The largest absolute Gasteiger partial charge is 0.355 e. The summed E-state index contributed by atoms with van der Waals surface area (Å²) in [5.41, 5.74) is 0.817. The highest BCUT2D eigenvalue weighted by atomic mass is 35.5. The predicted molar refractivity (Wildman–Crippen MR) is 81.3 cm³/mol. The second kappa shape index (κ2) is 6.72. The summed E-state index contributed by atoms with van der Waals surface area (Å²) in [5, 5.41) is 8.64. The number of benzene rings is 1. The summed E-state index contributed by atoms with van der Waals surface area (Å²) >= 11 is 0. The van der Waals surface area contributed by atoms with Gasteiger partial charge in [0.1, 0.15) is 0 Å². The molecule has 1 fully saturated rings. The van der Waals surface area contributed by atoms with E-state index in [2.05, 4.69) is 16.0 Å². The van der Waals surface area contributed by atoms with Crippen molar-refractivity contribution in [2.45, 2.75) is 13.3 Å². The van der Waals surface area contributed by atoms with Crippen LogP contribution in [0.25, 0.3) is 0 Å². The maximum atomic E-state index is 12.2. The first-order valence-corrected chi connectivity index (χ1v) is 6.39. The Hall–Kier alpha value is -1.59. The highest BCUT2D eigenvalue weighted by Crippen LogP contribution is 2.26. The van der Waals surface area contributed by atoms with E-state index in [1.54, 1.807) is 31.3 Å². The number of halogens is 1. The second-order valence-corrected chi connectivity index (χ2v) is 5.10. The molecule has 1 saturated heterocycles. The SMILES string of the molecule is CNC(=O)c1cccc(NC(=O)C2(C)CCNC2)c1.Cl. The minimum absolute atomic E-state index is 0. The Balaban J connectivity index is 0.00000200. The van der Waals surface area contributed by atoms with Crippen molar-refractivity contribution in [1.82, 2.24) is 10.6 Å². The van der Waals surface area contributed by atoms with Crippen molar-refractivity contribution >= 4 is 29.9 Å². The number of anilines is 1. The molecule has 1 atom stereocenters. The Labute approximate surface area is 124 Å². The van der Waals surface area contributed by atoms with Crippen molar-refractivity contribution in [2.24, 2.45) is 5.41 Å². The molecule has 0 saturated carbocycles. The molecule has 1 aliphatic heterocycles. The first-order chi connectivity index (χ1) is 9.05. The van der Waals surface area contributed by atoms with Gasteiger partial charge in [-0.2, -0.15) is 0 Å². The molecule has 0 aliphatic carbocycles. The number of carbonyl (C=O) groups is 2. The molecule has 0 aromatic heterocycles. The van der Waals surface area contributed by atoms with E-state index < -0.39 is 0 Å². The van der Waals surface area contributed by atoms with Gasteiger partial charge in [0.15, 0.2) is 0 Å². The van der Waals surface area contributed by atoms with Crippen LogP contribution in [0, 0.1) is 5.41 Å². The monoisotopic (exact) mass is 297 g/mol. The van der Waals surface area contributed by atoms with Crippen LogP contribution in [-0.4, -0.2) is 32.0 Å². The van der Waals surface area contributed by atoms with Gasteiger partial charge in [0, 0.05) is 24.8 Å². The van der Waals surface area contributed by atoms with Crippen molar-refractivity contribution in [3.63, 3.8) is 0 Å². The molecule has 6 heteroatoms. The Kier molecular flexibility index (Phi) is 5.53. The molecular weight excluding hydrogens is 278 g/mol. The fourth-order valence-electron chi connectivity index (χ4n) is 2.18. The molecule has 2 amide bonds. The number of nitrogens with one attached hydrogen (secondary N) is 3. The van der Waals surface area contributed by atoms with E-state index in [1.165, 1.54) is 0 Å². The molecule has 1 aliphatic rings. The molecular formula is C14H20ClN3O2. The lowest BCUT2D eigenvalue weighted by atomic mass is 9.88. The summed E-state index contributed by atoms with van der Waals surface area (Å²) in [7, 11) is 1.58. The summed E-state index contributed by atoms with van der Waals surface area (Å²) in [5.74, 6) is -0.170. The second-order valence-electron chi connectivity index (χ2n) is 5.10. The molecule has 1 aromatic rings. The summed E-state index contributed by atoms with van der Waals surface area (Å²) in [4.78, 5) is 23.8. The van der Waals surface area contributed by atoms with Crippen LogP contribution in [0.3, 0.4) is 0 Å². The van der Waals surface area contributed by atoms with Gasteiger partial charge in [0.05, 0.1) is 5.41 Å². The molecule has 2 rings (SSSR count). The van der Waals surface area contributed by atoms with Crippen molar-refractivity contribution in [2.75, 3.05) is 25.5 Å². The van der Waals surface area contributed by atoms with Gasteiger partial charge in [-0.3, -0.25) is 9.59 Å². The maximum absolute atomic E-state index is 12.2. The Morgan fingerprint density at radius 2 is 2.10 bits per heavy atom. The van der Waals surface area contributed by atoms with E-state index in [0.29, 0.717) is 17.8 Å². The van der Waals surface area contributed by atoms with Gasteiger partial charge in [0.2, 0.25) is 5.91 Å².